The van der Waals surface area contributed by atoms with Crippen LogP contribution in [0.1, 0.15) is 15.9 Å². The van der Waals surface area contributed by atoms with Crippen molar-refractivity contribution in [3.63, 3.8) is 0 Å². The third-order valence-corrected chi connectivity index (χ3v) is 3.85. The number of amides is 1. The Morgan fingerprint density at radius 2 is 1.88 bits per heavy atom. The van der Waals surface area contributed by atoms with Gasteiger partial charge in [-0.2, -0.15) is 0 Å². The fourth-order valence-corrected chi connectivity index (χ4v) is 2.73. The highest BCUT2D eigenvalue weighted by atomic mass is 19.3. The van der Waals surface area contributed by atoms with Crippen LogP contribution in [0, 0.1) is 0 Å². The molecule has 6 nitrogen and oxygen atoms in total. The van der Waals surface area contributed by atoms with Gasteiger partial charge < -0.3 is 19.5 Å². The van der Waals surface area contributed by atoms with E-state index in [1.165, 1.54) is 18.2 Å². The SMILES string of the molecule is O=C1O[C@H](C(=O)Nc2ccc3c(c2)OC(F)(F)O3)Cc2ccccc21. The van der Waals surface area contributed by atoms with Gasteiger partial charge in [-0.05, 0) is 23.8 Å². The van der Waals surface area contributed by atoms with E-state index in [0.717, 1.165) is 0 Å². The van der Waals surface area contributed by atoms with Crippen LogP contribution >= 0.6 is 0 Å². The number of benzene rings is 2. The Bertz CT molecular complexity index is 883. The van der Waals surface area contributed by atoms with Crippen LogP contribution in [0.2, 0.25) is 0 Å². The van der Waals surface area contributed by atoms with Crippen LogP contribution in [-0.2, 0) is 16.0 Å². The van der Waals surface area contributed by atoms with E-state index in [1.54, 1.807) is 24.3 Å². The van der Waals surface area contributed by atoms with E-state index in [0.29, 0.717) is 11.1 Å². The summed E-state index contributed by atoms with van der Waals surface area (Å²) in [5, 5.41) is 2.52. The molecule has 1 N–H and O–H groups in total. The maximum Gasteiger partial charge on any atom is 0.586 e. The second-order valence-corrected chi connectivity index (χ2v) is 5.57. The highest BCUT2D eigenvalue weighted by Crippen LogP contribution is 2.42. The van der Waals surface area contributed by atoms with Crippen LogP contribution in [0.3, 0.4) is 0 Å². The molecule has 0 radical (unpaired) electrons. The molecule has 0 fully saturated rings. The number of hydrogen-bond donors (Lipinski definition) is 1. The standard InChI is InChI=1S/C17H11F2NO5/c18-17(19)24-12-6-5-10(8-13(12)25-17)20-15(21)14-7-9-3-1-2-4-11(9)16(22)23-14/h1-6,8,14H,7H2,(H,20,21)/t14-/m0/s1. The van der Waals surface area contributed by atoms with Crippen LogP contribution in [0.5, 0.6) is 11.5 Å². The Balaban J connectivity index is 1.50. The number of esters is 1. The number of hydrogen-bond acceptors (Lipinski definition) is 5. The monoisotopic (exact) mass is 347 g/mol. The quantitative estimate of drug-likeness (QED) is 0.846. The van der Waals surface area contributed by atoms with Crippen molar-refractivity contribution in [2.75, 3.05) is 5.32 Å². The summed E-state index contributed by atoms with van der Waals surface area (Å²) in [6.45, 7) is 0. The molecule has 0 spiro atoms. The lowest BCUT2D eigenvalue weighted by Gasteiger charge is -2.23. The number of anilines is 1. The van der Waals surface area contributed by atoms with Gasteiger partial charge in [0.15, 0.2) is 17.6 Å². The zero-order valence-electron chi connectivity index (χ0n) is 12.6. The summed E-state index contributed by atoms with van der Waals surface area (Å²) < 4.78 is 39.8. The number of rotatable bonds is 2. The number of fused-ring (bicyclic) bond motifs is 2. The summed E-state index contributed by atoms with van der Waals surface area (Å²) >= 11 is 0. The Morgan fingerprint density at radius 3 is 2.72 bits per heavy atom. The Kier molecular flexibility index (Phi) is 3.34. The molecule has 0 unspecified atom stereocenters. The Labute approximate surface area is 140 Å². The molecular formula is C17H11F2NO5. The Hall–Kier alpha value is -3.16. The molecule has 2 aliphatic rings. The van der Waals surface area contributed by atoms with Crippen LogP contribution in [0.25, 0.3) is 0 Å². The highest BCUT2D eigenvalue weighted by molar-refractivity contribution is 6.00. The van der Waals surface area contributed by atoms with Crippen molar-refractivity contribution in [2.24, 2.45) is 0 Å². The van der Waals surface area contributed by atoms with Crippen LogP contribution < -0.4 is 14.8 Å². The topological polar surface area (TPSA) is 73.9 Å². The predicted molar refractivity (Wildman–Crippen MR) is 80.6 cm³/mol. The molecule has 25 heavy (non-hydrogen) atoms. The van der Waals surface area contributed by atoms with Crippen molar-refractivity contribution in [1.82, 2.24) is 0 Å². The number of ether oxygens (including phenoxy) is 3. The molecule has 1 atom stereocenters. The lowest BCUT2D eigenvalue weighted by molar-refractivity contribution is -0.286. The summed E-state index contributed by atoms with van der Waals surface area (Å²) in [6.07, 6.45) is -4.50. The zero-order chi connectivity index (χ0) is 17.6. The van der Waals surface area contributed by atoms with E-state index < -0.39 is 24.3 Å². The molecule has 0 saturated heterocycles. The average Bonchev–Trinajstić information content (AvgIpc) is 2.88. The minimum Gasteiger partial charge on any atom is -0.448 e. The van der Waals surface area contributed by atoms with Crippen molar-refractivity contribution in [3.8, 4) is 11.5 Å². The van der Waals surface area contributed by atoms with Gasteiger partial charge in [-0.15, -0.1) is 8.78 Å². The smallest absolute Gasteiger partial charge is 0.448 e. The number of halogens is 2. The van der Waals surface area contributed by atoms with Crippen molar-refractivity contribution in [3.05, 3.63) is 53.6 Å². The van der Waals surface area contributed by atoms with E-state index in [4.69, 9.17) is 4.74 Å². The van der Waals surface area contributed by atoms with Gasteiger partial charge in [0, 0.05) is 18.2 Å². The van der Waals surface area contributed by atoms with Gasteiger partial charge in [0.2, 0.25) is 0 Å². The van der Waals surface area contributed by atoms with Crippen molar-refractivity contribution in [2.45, 2.75) is 18.8 Å². The molecule has 4 rings (SSSR count). The van der Waals surface area contributed by atoms with Gasteiger partial charge in [-0.3, -0.25) is 4.79 Å². The van der Waals surface area contributed by atoms with Crippen LogP contribution in [0.15, 0.2) is 42.5 Å². The second kappa shape index (κ2) is 5.44. The van der Waals surface area contributed by atoms with E-state index in [1.807, 2.05) is 0 Å². The highest BCUT2D eigenvalue weighted by Gasteiger charge is 2.43. The lowest BCUT2D eigenvalue weighted by Crippen LogP contribution is -2.37. The first-order valence-corrected chi connectivity index (χ1v) is 7.41. The van der Waals surface area contributed by atoms with E-state index in [9.17, 15) is 18.4 Å². The molecular weight excluding hydrogens is 336 g/mol. The summed E-state index contributed by atoms with van der Waals surface area (Å²) in [6, 6.07) is 10.7. The van der Waals surface area contributed by atoms with Crippen LogP contribution in [0.4, 0.5) is 14.5 Å². The molecule has 1 amide bonds. The summed E-state index contributed by atoms with van der Waals surface area (Å²) in [5.41, 5.74) is 1.36. The summed E-state index contributed by atoms with van der Waals surface area (Å²) in [4.78, 5) is 24.3. The van der Waals surface area contributed by atoms with Gasteiger partial charge in [0.05, 0.1) is 5.56 Å². The summed E-state index contributed by atoms with van der Waals surface area (Å²) in [7, 11) is 0. The van der Waals surface area contributed by atoms with Gasteiger partial charge in [0.1, 0.15) is 0 Å². The molecule has 0 aromatic heterocycles. The summed E-state index contributed by atoms with van der Waals surface area (Å²) in [5.74, 6) is -1.45. The zero-order valence-corrected chi connectivity index (χ0v) is 12.6. The van der Waals surface area contributed by atoms with Crippen molar-refractivity contribution < 1.29 is 32.6 Å². The van der Waals surface area contributed by atoms with Gasteiger partial charge in [-0.1, -0.05) is 18.2 Å². The third kappa shape index (κ3) is 2.86. The first-order chi connectivity index (χ1) is 11.9. The molecule has 128 valence electrons. The van der Waals surface area contributed by atoms with E-state index in [-0.39, 0.29) is 23.6 Å². The molecule has 0 saturated carbocycles. The van der Waals surface area contributed by atoms with E-state index >= 15 is 0 Å². The van der Waals surface area contributed by atoms with Gasteiger partial charge in [-0.25, -0.2) is 4.79 Å². The second-order valence-electron chi connectivity index (χ2n) is 5.57. The number of cyclic esters (lactones) is 1. The van der Waals surface area contributed by atoms with Gasteiger partial charge >= 0.3 is 12.3 Å². The van der Waals surface area contributed by atoms with Crippen molar-refractivity contribution in [1.29, 1.82) is 0 Å². The van der Waals surface area contributed by atoms with Gasteiger partial charge in [0.25, 0.3) is 5.91 Å². The minimum absolute atomic E-state index is 0.124. The van der Waals surface area contributed by atoms with Crippen LogP contribution in [-0.4, -0.2) is 24.3 Å². The largest absolute Gasteiger partial charge is 0.586 e. The average molecular weight is 347 g/mol. The fourth-order valence-electron chi connectivity index (χ4n) is 2.73. The lowest BCUT2D eigenvalue weighted by atomic mass is 9.98. The normalized spacial score (nSPS) is 19.8. The first kappa shape index (κ1) is 15.4. The maximum atomic E-state index is 13.0. The Morgan fingerprint density at radius 1 is 1.12 bits per heavy atom. The molecule has 2 aromatic rings. The third-order valence-electron chi connectivity index (χ3n) is 3.85. The minimum atomic E-state index is -3.73. The molecule has 2 heterocycles. The number of carbonyl (C=O) groups excluding carboxylic acids is 2. The van der Waals surface area contributed by atoms with Crippen molar-refractivity contribution >= 4 is 17.6 Å². The molecule has 8 heteroatoms. The fraction of sp³-hybridized carbons (Fsp3) is 0.176. The predicted octanol–water partition coefficient (Wildman–Crippen LogP) is 2.73. The molecule has 2 aliphatic heterocycles. The molecule has 2 aromatic carbocycles. The molecule has 0 bridgehead atoms. The van der Waals surface area contributed by atoms with E-state index in [2.05, 4.69) is 14.8 Å². The maximum absolute atomic E-state index is 13.0. The number of carbonyl (C=O) groups is 2. The first-order valence-electron chi connectivity index (χ1n) is 7.41. The molecule has 0 aliphatic carbocycles. The number of alkyl halides is 2. The number of nitrogens with one attached hydrogen (secondary N) is 1.